The molecule has 1 aromatic carbocycles. The summed E-state index contributed by atoms with van der Waals surface area (Å²) >= 11 is 0. The quantitative estimate of drug-likeness (QED) is 0.775. The molecular formula is C14H23NO. The van der Waals surface area contributed by atoms with E-state index in [0.717, 1.165) is 12.0 Å². The molecule has 0 aliphatic carbocycles. The molecule has 0 saturated carbocycles. The fourth-order valence-corrected chi connectivity index (χ4v) is 1.80. The van der Waals surface area contributed by atoms with E-state index in [1.165, 1.54) is 18.4 Å². The Kier molecular flexibility index (Phi) is 5.50. The molecule has 0 fully saturated rings. The lowest BCUT2D eigenvalue weighted by molar-refractivity contribution is 0.157. The molecule has 3 N–H and O–H groups in total. The summed E-state index contributed by atoms with van der Waals surface area (Å²) in [7, 11) is 0. The van der Waals surface area contributed by atoms with E-state index < -0.39 is 6.10 Å². The summed E-state index contributed by atoms with van der Waals surface area (Å²) in [5.74, 6) is 0.116. The number of aliphatic hydroxyl groups excluding tert-OH is 1. The fraction of sp³-hybridized carbons (Fsp3) is 0.571. The molecule has 0 bridgehead atoms. The molecule has 1 rings (SSSR count). The number of unbranched alkanes of at least 4 members (excludes halogenated alkanes) is 1. The Morgan fingerprint density at radius 2 is 1.88 bits per heavy atom. The zero-order valence-electron chi connectivity index (χ0n) is 10.3. The minimum atomic E-state index is -0.443. The number of aliphatic hydroxyl groups is 1. The van der Waals surface area contributed by atoms with Crippen molar-refractivity contribution in [1.29, 1.82) is 0 Å². The first-order valence-corrected chi connectivity index (χ1v) is 6.16. The van der Waals surface area contributed by atoms with Crippen LogP contribution in [0.1, 0.15) is 43.7 Å². The number of nitrogens with two attached hydrogens (primary N) is 1. The van der Waals surface area contributed by atoms with Crippen molar-refractivity contribution in [2.24, 2.45) is 5.73 Å². The highest BCUT2D eigenvalue weighted by molar-refractivity contribution is 5.25. The molecule has 16 heavy (non-hydrogen) atoms. The normalized spacial score (nSPS) is 14.8. The van der Waals surface area contributed by atoms with Gasteiger partial charge in [0, 0.05) is 12.5 Å². The zero-order valence-corrected chi connectivity index (χ0v) is 10.3. The summed E-state index contributed by atoms with van der Waals surface area (Å²) in [6.45, 7) is 4.53. The van der Waals surface area contributed by atoms with Crippen LogP contribution in [0.15, 0.2) is 24.3 Å². The Labute approximate surface area is 98.5 Å². The van der Waals surface area contributed by atoms with Crippen LogP contribution in [0.4, 0.5) is 0 Å². The van der Waals surface area contributed by atoms with E-state index >= 15 is 0 Å². The molecule has 2 heteroatoms. The van der Waals surface area contributed by atoms with Gasteiger partial charge in [-0.15, -0.1) is 0 Å². The van der Waals surface area contributed by atoms with Crippen LogP contribution in [-0.4, -0.2) is 17.8 Å². The van der Waals surface area contributed by atoms with E-state index in [1.54, 1.807) is 0 Å². The van der Waals surface area contributed by atoms with Crippen molar-refractivity contribution < 1.29 is 5.11 Å². The summed E-state index contributed by atoms with van der Waals surface area (Å²) in [6, 6.07) is 8.53. The van der Waals surface area contributed by atoms with Crippen LogP contribution in [0.2, 0.25) is 0 Å². The lowest BCUT2D eigenvalue weighted by Crippen LogP contribution is -2.25. The van der Waals surface area contributed by atoms with E-state index in [2.05, 4.69) is 31.2 Å². The number of hydrogen-bond acceptors (Lipinski definition) is 2. The minimum Gasteiger partial charge on any atom is -0.391 e. The van der Waals surface area contributed by atoms with Crippen molar-refractivity contribution >= 4 is 0 Å². The smallest absolute Gasteiger partial charge is 0.0728 e. The average molecular weight is 221 g/mol. The predicted octanol–water partition coefficient (Wildman–Crippen LogP) is 2.45. The number of benzene rings is 1. The third-order valence-corrected chi connectivity index (χ3v) is 3.14. The summed E-state index contributed by atoms with van der Waals surface area (Å²) < 4.78 is 0. The van der Waals surface area contributed by atoms with E-state index in [1.807, 2.05) is 6.92 Å². The molecule has 1 aromatic rings. The van der Waals surface area contributed by atoms with Crippen LogP contribution in [0, 0.1) is 0 Å². The lowest BCUT2D eigenvalue weighted by atomic mass is 9.94. The molecule has 0 saturated heterocycles. The largest absolute Gasteiger partial charge is 0.391 e. The molecule has 90 valence electrons. The van der Waals surface area contributed by atoms with Crippen LogP contribution in [0.5, 0.6) is 0 Å². The summed E-state index contributed by atoms with van der Waals surface area (Å²) in [5, 5.41) is 9.67. The molecule has 0 heterocycles. The van der Waals surface area contributed by atoms with Gasteiger partial charge in [-0.05, 0) is 24.0 Å². The van der Waals surface area contributed by atoms with Crippen LogP contribution in [0.25, 0.3) is 0 Å². The fourth-order valence-electron chi connectivity index (χ4n) is 1.80. The van der Waals surface area contributed by atoms with Gasteiger partial charge in [-0.3, -0.25) is 0 Å². The number of rotatable bonds is 6. The second-order valence-electron chi connectivity index (χ2n) is 4.44. The van der Waals surface area contributed by atoms with Crippen LogP contribution >= 0.6 is 0 Å². The second-order valence-corrected chi connectivity index (χ2v) is 4.44. The van der Waals surface area contributed by atoms with Gasteiger partial charge < -0.3 is 10.8 Å². The van der Waals surface area contributed by atoms with E-state index in [-0.39, 0.29) is 5.92 Å². The molecule has 0 aliphatic rings. The topological polar surface area (TPSA) is 46.2 Å². The minimum absolute atomic E-state index is 0.116. The molecule has 0 aliphatic heterocycles. The Bertz CT molecular complexity index is 294. The van der Waals surface area contributed by atoms with Crippen molar-refractivity contribution in [1.82, 2.24) is 0 Å². The van der Waals surface area contributed by atoms with Crippen molar-refractivity contribution in [2.75, 3.05) is 6.54 Å². The average Bonchev–Trinajstić information content (AvgIpc) is 2.35. The van der Waals surface area contributed by atoms with Crippen LogP contribution in [0.3, 0.4) is 0 Å². The van der Waals surface area contributed by atoms with Gasteiger partial charge in [0.1, 0.15) is 0 Å². The van der Waals surface area contributed by atoms with Crippen LogP contribution in [-0.2, 0) is 6.42 Å². The second kappa shape index (κ2) is 6.66. The molecule has 0 amide bonds. The zero-order chi connectivity index (χ0) is 12.0. The maximum Gasteiger partial charge on any atom is 0.0728 e. The third-order valence-electron chi connectivity index (χ3n) is 3.14. The molecule has 0 aromatic heterocycles. The highest BCUT2D eigenvalue weighted by Crippen LogP contribution is 2.19. The van der Waals surface area contributed by atoms with Crippen molar-refractivity contribution in [3.05, 3.63) is 35.4 Å². The molecule has 0 radical (unpaired) electrons. The van der Waals surface area contributed by atoms with E-state index in [4.69, 9.17) is 5.73 Å². The molecule has 2 nitrogen and oxygen atoms in total. The highest BCUT2D eigenvalue weighted by atomic mass is 16.3. The van der Waals surface area contributed by atoms with Gasteiger partial charge in [0.05, 0.1) is 6.10 Å². The van der Waals surface area contributed by atoms with Crippen molar-refractivity contribution in [3.8, 4) is 0 Å². The number of hydrogen-bond donors (Lipinski definition) is 2. The third kappa shape index (κ3) is 3.62. The van der Waals surface area contributed by atoms with E-state index in [9.17, 15) is 5.11 Å². The van der Waals surface area contributed by atoms with Gasteiger partial charge in [0.15, 0.2) is 0 Å². The predicted molar refractivity (Wildman–Crippen MR) is 68.5 cm³/mol. The lowest BCUT2D eigenvalue weighted by Gasteiger charge is -2.17. The summed E-state index contributed by atoms with van der Waals surface area (Å²) in [5.41, 5.74) is 8.00. The van der Waals surface area contributed by atoms with Gasteiger partial charge in [0.25, 0.3) is 0 Å². The Balaban J connectivity index is 2.63. The first-order chi connectivity index (χ1) is 7.69. The molecule has 2 atom stereocenters. The van der Waals surface area contributed by atoms with Gasteiger partial charge in [-0.25, -0.2) is 0 Å². The van der Waals surface area contributed by atoms with Crippen molar-refractivity contribution in [3.63, 3.8) is 0 Å². The maximum atomic E-state index is 9.67. The standard InChI is InChI=1S/C14H23NO/c1-3-4-5-12-6-8-13(9-7-12)11(2)14(16)10-15/h6-9,11,14,16H,3-5,10,15H2,1-2H3. The monoisotopic (exact) mass is 221 g/mol. The highest BCUT2D eigenvalue weighted by Gasteiger charge is 2.13. The van der Waals surface area contributed by atoms with Crippen LogP contribution < -0.4 is 5.73 Å². The van der Waals surface area contributed by atoms with Gasteiger partial charge in [0.2, 0.25) is 0 Å². The first-order valence-electron chi connectivity index (χ1n) is 6.16. The molecular weight excluding hydrogens is 198 g/mol. The summed E-state index contributed by atoms with van der Waals surface area (Å²) in [6.07, 6.45) is 3.16. The van der Waals surface area contributed by atoms with Gasteiger partial charge >= 0.3 is 0 Å². The first kappa shape index (κ1) is 13.2. The maximum absolute atomic E-state index is 9.67. The van der Waals surface area contributed by atoms with Gasteiger partial charge in [-0.2, -0.15) is 0 Å². The number of aryl methyl sites for hydroxylation is 1. The Hall–Kier alpha value is -0.860. The molecule has 0 spiro atoms. The van der Waals surface area contributed by atoms with Gasteiger partial charge in [-0.1, -0.05) is 44.5 Å². The van der Waals surface area contributed by atoms with E-state index in [0.29, 0.717) is 6.54 Å². The summed E-state index contributed by atoms with van der Waals surface area (Å²) in [4.78, 5) is 0. The van der Waals surface area contributed by atoms with Crippen molar-refractivity contribution in [2.45, 2.75) is 45.1 Å². The molecule has 2 unspecified atom stereocenters. The SMILES string of the molecule is CCCCc1ccc(C(C)C(O)CN)cc1. The Morgan fingerprint density at radius 3 is 2.38 bits per heavy atom. The Morgan fingerprint density at radius 1 is 1.25 bits per heavy atom.